The van der Waals surface area contributed by atoms with Crippen LogP contribution >= 0.6 is 12.2 Å². The van der Waals surface area contributed by atoms with Crippen LogP contribution in [0.2, 0.25) is 0 Å². The summed E-state index contributed by atoms with van der Waals surface area (Å²) in [6.45, 7) is 4.03. The number of hydrogen-bond donors (Lipinski definition) is 2. The summed E-state index contributed by atoms with van der Waals surface area (Å²) in [6, 6.07) is 21.8. The topological polar surface area (TPSA) is 62.3 Å². The van der Waals surface area contributed by atoms with Gasteiger partial charge in [-0.15, -0.1) is 0 Å². The number of ether oxygens (including phenoxy) is 1. The highest BCUT2D eigenvalue weighted by Gasteiger charge is 2.16. The van der Waals surface area contributed by atoms with Crippen molar-refractivity contribution in [1.29, 1.82) is 0 Å². The highest BCUT2D eigenvalue weighted by atomic mass is 32.1. The lowest BCUT2D eigenvalue weighted by Gasteiger charge is -2.23. The van der Waals surface area contributed by atoms with Crippen molar-refractivity contribution in [1.82, 2.24) is 15.3 Å². The third kappa shape index (κ3) is 6.17. The van der Waals surface area contributed by atoms with Gasteiger partial charge in [-0.2, -0.15) is 9.97 Å². The highest BCUT2D eigenvalue weighted by molar-refractivity contribution is 7.80. The fourth-order valence-electron chi connectivity index (χ4n) is 3.75. The number of benzene rings is 2. The van der Waals surface area contributed by atoms with Gasteiger partial charge in [0.15, 0.2) is 5.11 Å². The molecule has 166 valence electrons. The normalized spacial score (nSPS) is 14.8. The molecule has 2 N–H and O–H groups in total. The summed E-state index contributed by atoms with van der Waals surface area (Å²) in [6.07, 6.45) is 4.84. The first-order valence-corrected chi connectivity index (χ1v) is 11.6. The second-order valence-electron chi connectivity index (χ2n) is 7.94. The molecule has 1 saturated heterocycles. The lowest BCUT2D eigenvalue weighted by molar-refractivity contribution is 0.462. The summed E-state index contributed by atoms with van der Waals surface area (Å²) < 4.78 is 6.03. The standard InChI is InChI=1S/C25H29N5OS/c1-19(20-12-6-4-7-13-20)26-25(32)29-24-27-22(30-16-10-2-3-11-17-30)18-23(28-24)31-21-14-8-5-9-15-21/h4-9,12-15,18-19H,2-3,10-11,16-17H2,1H3,(H2,26,27,28,29,32)/t19-/m0/s1. The Balaban J connectivity index is 1.53. The smallest absolute Gasteiger partial charge is 0.234 e. The first-order chi connectivity index (χ1) is 15.7. The van der Waals surface area contributed by atoms with Crippen molar-refractivity contribution in [3.63, 3.8) is 0 Å². The van der Waals surface area contributed by atoms with Gasteiger partial charge in [0.05, 0.1) is 6.04 Å². The molecule has 0 saturated carbocycles. The number of para-hydroxylation sites is 1. The van der Waals surface area contributed by atoms with Gasteiger partial charge in [-0.1, -0.05) is 61.4 Å². The molecule has 0 bridgehead atoms. The van der Waals surface area contributed by atoms with E-state index >= 15 is 0 Å². The summed E-state index contributed by atoms with van der Waals surface area (Å²) in [5.41, 5.74) is 1.16. The maximum atomic E-state index is 6.03. The molecule has 1 aliphatic heterocycles. The summed E-state index contributed by atoms with van der Waals surface area (Å²) in [4.78, 5) is 11.6. The Morgan fingerprint density at radius 1 is 0.938 bits per heavy atom. The van der Waals surface area contributed by atoms with Gasteiger partial charge in [-0.3, -0.25) is 0 Å². The summed E-state index contributed by atoms with van der Waals surface area (Å²) >= 11 is 5.55. The molecule has 3 aromatic rings. The SMILES string of the molecule is C[C@H](NC(=S)Nc1nc(Oc2ccccc2)cc(N2CCCCCC2)n1)c1ccccc1. The summed E-state index contributed by atoms with van der Waals surface area (Å²) in [5.74, 6) is 2.51. The maximum absolute atomic E-state index is 6.03. The van der Waals surface area contributed by atoms with E-state index in [1.165, 1.54) is 12.8 Å². The Labute approximate surface area is 195 Å². The van der Waals surface area contributed by atoms with Crippen LogP contribution in [-0.2, 0) is 0 Å². The van der Waals surface area contributed by atoms with Gasteiger partial charge in [0.2, 0.25) is 11.8 Å². The molecule has 0 unspecified atom stereocenters. The molecule has 1 fully saturated rings. The summed E-state index contributed by atoms with van der Waals surface area (Å²) in [7, 11) is 0. The third-order valence-electron chi connectivity index (χ3n) is 5.46. The monoisotopic (exact) mass is 447 g/mol. The molecule has 4 rings (SSSR count). The molecule has 0 spiro atoms. The number of thiocarbonyl (C=S) groups is 1. The van der Waals surface area contributed by atoms with Gasteiger partial charge >= 0.3 is 0 Å². The molecule has 2 aromatic carbocycles. The zero-order valence-corrected chi connectivity index (χ0v) is 19.1. The molecule has 2 heterocycles. The quantitative estimate of drug-likeness (QED) is 0.470. The van der Waals surface area contributed by atoms with Crippen LogP contribution in [0.15, 0.2) is 66.7 Å². The van der Waals surface area contributed by atoms with E-state index in [4.69, 9.17) is 21.9 Å². The van der Waals surface area contributed by atoms with Crippen molar-refractivity contribution < 1.29 is 4.74 Å². The fraction of sp³-hybridized carbons (Fsp3) is 0.320. The Morgan fingerprint density at radius 2 is 1.59 bits per heavy atom. The molecular formula is C25H29N5OS. The minimum absolute atomic E-state index is 0.0602. The van der Waals surface area contributed by atoms with Gasteiger partial charge in [-0.05, 0) is 49.7 Å². The van der Waals surface area contributed by atoms with Crippen molar-refractivity contribution in [3.8, 4) is 11.6 Å². The van der Waals surface area contributed by atoms with Gasteiger partial charge in [-0.25, -0.2) is 0 Å². The summed E-state index contributed by atoms with van der Waals surface area (Å²) in [5, 5.41) is 6.94. The van der Waals surface area contributed by atoms with Crippen LogP contribution in [0.4, 0.5) is 11.8 Å². The van der Waals surface area contributed by atoms with Crippen molar-refractivity contribution in [3.05, 3.63) is 72.3 Å². The average molecular weight is 448 g/mol. The largest absolute Gasteiger partial charge is 0.439 e. The van der Waals surface area contributed by atoms with Crippen molar-refractivity contribution in [2.24, 2.45) is 0 Å². The molecule has 7 heteroatoms. The number of anilines is 2. The Bertz CT molecular complexity index is 1010. The zero-order valence-electron chi connectivity index (χ0n) is 18.3. The number of aromatic nitrogens is 2. The van der Waals surface area contributed by atoms with E-state index in [9.17, 15) is 0 Å². The van der Waals surface area contributed by atoms with Crippen LogP contribution in [0.25, 0.3) is 0 Å². The van der Waals surface area contributed by atoms with Crippen LogP contribution < -0.4 is 20.3 Å². The molecule has 1 aliphatic rings. The number of hydrogen-bond acceptors (Lipinski definition) is 5. The molecule has 0 radical (unpaired) electrons. The number of rotatable bonds is 6. The predicted octanol–water partition coefficient (Wildman–Crippen LogP) is 5.70. The Hall–Kier alpha value is -3.19. The number of nitrogens with zero attached hydrogens (tertiary/aromatic N) is 3. The van der Waals surface area contributed by atoms with Crippen LogP contribution in [-0.4, -0.2) is 28.2 Å². The van der Waals surface area contributed by atoms with Crippen molar-refractivity contribution in [2.45, 2.75) is 38.6 Å². The fourth-order valence-corrected chi connectivity index (χ4v) is 4.02. The molecule has 6 nitrogen and oxygen atoms in total. The van der Waals surface area contributed by atoms with Gasteiger partial charge in [0.1, 0.15) is 11.6 Å². The van der Waals surface area contributed by atoms with Crippen molar-refractivity contribution in [2.75, 3.05) is 23.3 Å². The van der Waals surface area contributed by atoms with Crippen LogP contribution in [0.5, 0.6) is 11.6 Å². The van der Waals surface area contributed by atoms with Gasteiger partial charge in [0, 0.05) is 19.2 Å². The minimum Gasteiger partial charge on any atom is -0.439 e. The molecule has 32 heavy (non-hydrogen) atoms. The highest BCUT2D eigenvalue weighted by Crippen LogP contribution is 2.26. The average Bonchev–Trinajstić information content (AvgIpc) is 3.10. The second kappa shape index (κ2) is 10.9. The lowest BCUT2D eigenvalue weighted by atomic mass is 10.1. The molecule has 0 amide bonds. The Morgan fingerprint density at radius 3 is 2.28 bits per heavy atom. The zero-order chi connectivity index (χ0) is 22.2. The van der Waals surface area contributed by atoms with Crippen LogP contribution in [0, 0.1) is 0 Å². The van der Waals surface area contributed by atoms with E-state index in [1.54, 1.807) is 0 Å². The number of nitrogens with one attached hydrogen (secondary N) is 2. The molecule has 0 aliphatic carbocycles. The Kier molecular flexibility index (Phi) is 7.51. The van der Waals surface area contributed by atoms with E-state index < -0.39 is 0 Å². The van der Waals surface area contributed by atoms with E-state index in [-0.39, 0.29) is 6.04 Å². The van der Waals surface area contributed by atoms with Crippen LogP contribution in [0.1, 0.15) is 44.2 Å². The lowest BCUT2D eigenvalue weighted by Crippen LogP contribution is -2.32. The molecular weight excluding hydrogens is 418 g/mol. The second-order valence-corrected chi connectivity index (χ2v) is 8.34. The van der Waals surface area contributed by atoms with Gasteiger partial charge in [0.25, 0.3) is 0 Å². The predicted molar refractivity (Wildman–Crippen MR) is 133 cm³/mol. The van der Waals surface area contributed by atoms with Crippen LogP contribution in [0.3, 0.4) is 0 Å². The van der Waals surface area contributed by atoms with E-state index in [2.05, 4.69) is 39.6 Å². The van der Waals surface area contributed by atoms with E-state index in [0.717, 1.165) is 43.1 Å². The van der Waals surface area contributed by atoms with E-state index in [0.29, 0.717) is 16.9 Å². The third-order valence-corrected chi connectivity index (χ3v) is 5.68. The minimum atomic E-state index is 0.0602. The molecule has 1 aromatic heterocycles. The first kappa shape index (κ1) is 22.0. The van der Waals surface area contributed by atoms with Crippen molar-refractivity contribution >= 4 is 29.1 Å². The molecule has 1 atom stereocenters. The van der Waals surface area contributed by atoms with Gasteiger partial charge < -0.3 is 20.3 Å². The van der Waals surface area contributed by atoms with E-state index in [1.807, 2.05) is 54.6 Å². The maximum Gasteiger partial charge on any atom is 0.234 e. The first-order valence-electron chi connectivity index (χ1n) is 11.2.